The molecule has 1 aliphatic heterocycles. The Hall–Kier alpha value is -2.32. The molecule has 0 radical (unpaired) electrons. The van der Waals surface area contributed by atoms with Gasteiger partial charge in [0.05, 0.1) is 25.8 Å². The fourth-order valence-electron chi connectivity index (χ4n) is 2.71. The minimum atomic E-state index is -0.978. The van der Waals surface area contributed by atoms with Crippen LogP contribution in [0.3, 0.4) is 0 Å². The lowest BCUT2D eigenvalue weighted by Gasteiger charge is -2.24. The third kappa shape index (κ3) is 4.36. The lowest BCUT2D eigenvalue weighted by atomic mass is 10.2. The number of hydrogen-bond donors (Lipinski definition) is 2. The van der Waals surface area contributed by atoms with E-state index in [1.54, 1.807) is 31.3 Å². The minimum absolute atomic E-state index is 0.155. The lowest BCUT2D eigenvalue weighted by Crippen LogP contribution is -2.43. The maximum absolute atomic E-state index is 12.3. The van der Waals surface area contributed by atoms with Crippen molar-refractivity contribution in [1.29, 1.82) is 0 Å². The summed E-state index contributed by atoms with van der Waals surface area (Å²) in [6.45, 7) is 0.0474. The highest BCUT2D eigenvalue weighted by Gasteiger charge is 2.37. The van der Waals surface area contributed by atoms with E-state index in [0.717, 1.165) is 0 Å². The largest absolute Gasteiger partial charge is 0.493 e. The Morgan fingerprint density at radius 3 is 2.58 bits per heavy atom. The molecule has 1 fully saturated rings. The van der Waals surface area contributed by atoms with Gasteiger partial charge in [-0.25, -0.2) is 0 Å². The van der Waals surface area contributed by atoms with Crippen molar-refractivity contribution in [3.8, 4) is 11.5 Å². The first kappa shape index (κ1) is 18.0. The van der Waals surface area contributed by atoms with Gasteiger partial charge in [-0.05, 0) is 19.2 Å². The Morgan fingerprint density at radius 2 is 1.96 bits per heavy atom. The molecule has 1 saturated heterocycles. The van der Waals surface area contributed by atoms with Gasteiger partial charge < -0.3 is 24.6 Å². The van der Waals surface area contributed by atoms with Gasteiger partial charge in [0.25, 0.3) is 5.91 Å². The average Bonchev–Trinajstić information content (AvgIpc) is 2.94. The van der Waals surface area contributed by atoms with Crippen molar-refractivity contribution in [3.05, 3.63) is 24.3 Å². The van der Waals surface area contributed by atoms with Gasteiger partial charge in [0.15, 0.2) is 18.1 Å². The summed E-state index contributed by atoms with van der Waals surface area (Å²) in [5.41, 5.74) is 0. The van der Waals surface area contributed by atoms with Gasteiger partial charge in [-0.15, -0.1) is 0 Å². The van der Waals surface area contributed by atoms with Gasteiger partial charge in [-0.3, -0.25) is 14.5 Å². The topological polar surface area (TPSA) is 99.5 Å². The molecule has 8 heteroatoms. The number of aliphatic carboxylic acids is 1. The Balaban J connectivity index is 1.90. The number of carbonyl (C=O) groups is 2. The van der Waals surface area contributed by atoms with Crippen molar-refractivity contribution in [3.63, 3.8) is 0 Å². The highest BCUT2D eigenvalue weighted by molar-refractivity contribution is 5.78. The minimum Gasteiger partial charge on any atom is -0.493 e. The Kier molecular flexibility index (Phi) is 5.99. The van der Waals surface area contributed by atoms with Crippen molar-refractivity contribution in [2.45, 2.75) is 12.1 Å². The van der Waals surface area contributed by atoms with E-state index in [0.29, 0.717) is 11.5 Å². The highest BCUT2D eigenvalue weighted by atomic mass is 16.5. The zero-order chi connectivity index (χ0) is 17.7. The summed E-state index contributed by atoms with van der Waals surface area (Å²) >= 11 is 0. The summed E-state index contributed by atoms with van der Waals surface area (Å²) in [7, 11) is 3.13. The quantitative estimate of drug-likeness (QED) is 0.702. The van der Waals surface area contributed by atoms with Crippen LogP contribution in [0.4, 0.5) is 0 Å². The molecular weight excluding hydrogens is 316 g/mol. The number of carboxylic acid groups (broad SMARTS) is 1. The van der Waals surface area contributed by atoms with Crippen LogP contribution in [0.1, 0.15) is 0 Å². The van der Waals surface area contributed by atoms with Crippen LogP contribution < -0.4 is 9.47 Å². The number of hydrogen-bond acceptors (Lipinski definition) is 6. The Labute approximate surface area is 140 Å². The smallest absolute Gasteiger partial charge is 0.317 e. The maximum Gasteiger partial charge on any atom is 0.317 e. The van der Waals surface area contributed by atoms with Gasteiger partial charge in [0.2, 0.25) is 0 Å². The van der Waals surface area contributed by atoms with Crippen molar-refractivity contribution in [1.82, 2.24) is 9.80 Å². The number of amides is 1. The van der Waals surface area contributed by atoms with Crippen LogP contribution in [-0.4, -0.2) is 84.4 Å². The molecule has 8 nitrogen and oxygen atoms in total. The van der Waals surface area contributed by atoms with Gasteiger partial charge in [0, 0.05) is 13.1 Å². The Bertz CT molecular complexity index is 594. The number of benzene rings is 1. The van der Waals surface area contributed by atoms with Crippen LogP contribution in [-0.2, 0) is 9.59 Å². The molecule has 1 aromatic carbocycles. The lowest BCUT2D eigenvalue weighted by molar-refractivity contribution is -0.138. The number of β-amino-alcohol motifs (C(OH)–C–C–N with tert-alkyl or cyclic N) is 1. The third-order valence-electron chi connectivity index (χ3n) is 3.98. The average molecular weight is 338 g/mol. The molecule has 1 amide bonds. The maximum atomic E-state index is 12.3. The number of nitrogens with zero attached hydrogens (tertiary/aromatic N) is 2. The second-order valence-electron chi connectivity index (χ2n) is 5.68. The zero-order valence-corrected chi connectivity index (χ0v) is 13.7. The fourth-order valence-corrected chi connectivity index (χ4v) is 2.71. The fraction of sp³-hybridized carbons (Fsp3) is 0.500. The van der Waals surface area contributed by atoms with E-state index < -0.39 is 18.1 Å². The van der Waals surface area contributed by atoms with Crippen LogP contribution in [0.25, 0.3) is 0 Å². The van der Waals surface area contributed by atoms with Crippen molar-refractivity contribution < 1.29 is 29.3 Å². The van der Waals surface area contributed by atoms with Crippen molar-refractivity contribution in [2.24, 2.45) is 0 Å². The van der Waals surface area contributed by atoms with E-state index in [9.17, 15) is 14.7 Å². The summed E-state index contributed by atoms with van der Waals surface area (Å²) in [6, 6.07) is 6.60. The third-order valence-corrected chi connectivity index (χ3v) is 3.98. The molecule has 1 heterocycles. The standard InChI is InChI=1S/C16H22N2O6/c1-17(9-16(21)22)11-7-18(8-12(11)19)15(20)10-24-14-6-4-3-5-13(14)23-2/h3-6,11-12,19H,7-10H2,1-2H3,(H,21,22)/t11?,12-/m1/s1. The van der Waals surface area contributed by atoms with Gasteiger partial charge >= 0.3 is 5.97 Å². The predicted octanol–water partition coefficient (Wildman–Crippen LogP) is -0.338. The number of carboxylic acids is 1. The molecule has 0 saturated carbocycles. The summed E-state index contributed by atoms with van der Waals surface area (Å²) in [5.74, 6) is -0.251. The molecular formula is C16H22N2O6. The van der Waals surface area contributed by atoms with Crippen LogP contribution in [0.15, 0.2) is 24.3 Å². The number of ether oxygens (including phenoxy) is 2. The second-order valence-corrected chi connectivity index (χ2v) is 5.68. The number of para-hydroxylation sites is 2. The number of likely N-dealkylation sites (N-methyl/N-ethyl adjacent to an activating group) is 1. The molecule has 2 N–H and O–H groups in total. The van der Waals surface area contributed by atoms with Crippen molar-refractivity contribution >= 4 is 11.9 Å². The molecule has 24 heavy (non-hydrogen) atoms. The summed E-state index contributed by atoms with van der Waals surface area (Å²) < 4.78 is 10.6. The first-order valence-electron chi connectivity index (χ1n) is 7.56. The van der Waals surface area contributed by atoms with E-state index in [1.165, 1.54) is 16.9 Å². The molecule has 0 aromatic heterocycles. The Morgan fingerprint density at radius 1 is 1.29 bits per heavy atom. The number of rotatable bonds is 7. The molecule has 0 aliphatic carbocycles. The van der Waals surface area contributed by atoms with Crippen LogP contribution >= 0.6 is 0 Å². The van der Waals surface area contributed by atoms with Crippen molar-refractivity contribution in [2.75, 3.05) is 40.4 Å². The number of aliphatic hydroxyl groups excluding tert-OH is 1. The molecule has 1 unspecified atom stereocenters. The summed E-state index contributed by atoms with van der Waals surface area (Å²) in [6.07, 6.45) is -0.787. The zero-order valence-electron chi connectivity index (χ0n) is 13.7. The van der Waals surface area contributed by atoms with E-state index >= 15 is 0 Å². The van der Waals surface area contributed by atoms with Gasteiger partial charge in [-0.1, -0.05) is 12.1 Å². The number of carbonyl (C=O) groups excluding carboxylic acids is 1. The molecule has 1 aromatic rings. The highest BCUT2D eigenvalue weighted by Crippen LogP contribution is 2.26. The van der Waals surface area contributed by atoms with E-state index in [1.807, 2.05) is 0 Å². The molecule has 2 rings (SSSR count). The molecule has 132 valence electrons. The first-order chi connectivity index (χ1) is 11.4. The van der Waals surface area contributed by atoms with E-state index in [2.05, 4.69) is 0 Å². The predicted molar refractivity (Wildman–Crippen MR) is 85.1 cm³/mol. The van der Waals surface area contributed by atoms with Crippen LogP contribution in [0.2, 0.25) is 0 Å². The summed E-state index contributed by atoms with van der Waals surface area (Å²) in [5, 5.41) is 18.9. The van der Waals surface area contributed by atoms with Crippen LogP contribution in [0.5, 0.6) is 11.5 Å². The van der Waals surface area contributed by atoms with Gasteiger partial charge in [-0.2, -0.15) is 0 Å². The summed E-state index contributed by atoms with van der Waals surface area (Å²) in [4.78, 5) is 26.0. The normalized spacial score (nSPS) is 20.2. The van der Waals surface area contributed by atoms with Gasteiger partial charge in [0.1, 0.15) is 0 Å². The molecule has 0 spiro atoms. The van der Waals surface area contributed by atoms with Crippen LogP contribution in [0, 0.1) is 0 Å². The molecule has 0 bridgehead atoms. The number of aliphatic hydroxyl groups is 1. The second kappa shape index (κ2) is 7.98. The first-order valence-corrected chi connectivity index (χ1v) is 7.56. The SMILES string of the molecule is COc1ccccc1OCC(=O)N1CC(N(C)CC(=O)O)[C@H](O)C1. The number of methoxy groups -OCH3 is 1. The number of likely N-dealkylation sites (tertiary alicyclic amines) is 1. The molecule has 2 atom stereocenters. The monoisotopic (exact) mass is 338 g/mol. The van der Waals surface area contributed by atoms with E-state index in [-0.39, 0.29) is 32.1 Å². The van der Waals surface area contributed by atoms with E-state index in [4.69, 9.17) is 14.6 Å². The molecule has 1 aliphatic rings.